The van der Waals surface area contributed by atoms with Gasteiger partial charge in [0.15, 0.2) is 0 Å². The lowest BCUT2D eigenvalue weighted by molar-refractivity contribution is 0.128. The second kappa shape index (κ2) is 6.59. The molecule has 0 aliphatic rings. The first-order valence-corrected chi connectivity index (χ1v) is 5.85. The standard InChI is InChI=1S/C13H21NO3/c1-3-9-8-10(17-2)4-5-11(9)13(16)12(14)6-7-15/h4-5,8,12-13,15-16H,3,6-7,14H2,1-2H3. The van der Waals surface area contributed by atoms with E-state index in [1.807, 2.05) is 25.1 Å². The molecule has 1 aromatic carbocycles. The first-order valence-electron chi connectivity index (χ1n) is 5.85. The number of ether oxygens (including phenoxy) is 1. The van der Waals surface area contributed by atoms with E-state index in [1.165, 1.54) is 0 Å². The number of aliphatic hydroxyl groups excluding tert-OH is 2. The highest BCUT2D eigenvalue weighted by atomic mass is 16.5. The van der Waals surface area contributed by atoms with Crippen LogP contribution in [0.1, 0.15) is 30.6 Å². The topological polar surface area (TPSA) is 75.7 Å². The zero-order valence-electron chi connectivity index (χ0n) is 10.4. The Hall–Kier alpha value is -1.10. The Bertz CT molecular complexity index is 355. The summed E-state index contributed by atoms with van der Waals surface area (Å²) in [6.07, 6.45) is 0.439. The maximum Gasteiger partial charge on any atom is 0.119 e. The van der Waals surface area contributed by atoms with Crippen molar-refractivity contribution in [3.8, 4) is 5.75 Å². The van der Waals surface area contributed by atoms with Gasteiger partial charge in [0.05, 0.1) is 13.2 Å². The molecule has 0 aliphatic carbocycles. The average Bonchev–Trinajstić information content (AvgIpc) is 2.37. The maximum atomic E-state index is 10.1. The lowest BCUT2D eigenvalue weighted by Gasteiger charge is -2.21. The summed E-state index contributed by atoms with van der Waals surface area (Å²) in [5.74, 6) is 0.772. The number of nitrogens with two attached hydrogens (primary N) is 1. The van der Waals surface area contributed by atoms with E-state index in [0.29, 0.717) is 6.42 Å². The van der Waals surface area contributed by atoms with Crippen molar-refractivity contribution < 1.29 is 14.9 Å². The first kappa shape index (κ1) is 14.0. The number of methoxy groups -OCH3 is 1. The summed E-state index contributed by atoms with van der Waals surface area (Å²) in [5, 5.41) is 18.9. The van der Waals surface area contributed by atoms with E-state index in [9.17, 15) is 5.11 Å². The minimum atomic E-state index is -0.747. The molecule has 96 valence electrons. The van der Waals surface area contributed by atoms with Crippen molar-refractivity contribution in [2.24, 2.45) is 5.73 Å². The van der Waals surface area contributed by atoms with Crippen LogP contribution in [0.4, 0.5) is 0 Å². The van der Waals surface area contributed by atoms with E-state index in [0.717, 1.165) is 23.3 Å². The minimum Gasteiger partial charge on any atom is -0.497 e. The molecular weight excluding hydrogens is 218 g/mol. The lowest BCUT2D eigenvalue weighted by atomic mass is 9.94. The van der Waals surface area contributed by atoms with E-state index in [2.05, 4.69) is 0 Å². The molecule has 4 nitrogen and oxygen atoms in total. The summed E-state index contributed by atoms with van der Waals surface area (Å²) in [4.78, 5) is 0. The molecule has 0 saturated heterocycles. The molecule has 0 bridgehead atoms. The summed E-state index contributed by atoms with van der Waals surface area (Å²) >= 11 is 0. The molecule has 17 heavy (non-hydrogen) atoms. The number of hydrogen-bond acceptors (Lipinski definition) is 4. The molecule has 0 heterocycles. The molecular formula is C13H21NO3. The van der Waals surface area contributed by atoms with Crippen LogP contribution in [0.5, 0.6) is 5.75 Å². The van der Waals surface area contributed by atoms with Gasteiger partial charge in [-0.25, -0.2) is 0 Å². The molecule has 4 N–H and O–H groups in total. The third kappa shape index (κ3) is 3.43. The second-order valence-corrected chi connectivity index (χ2v) is 4.04. The van der Waals surface area contributed by atoms with Crippen LogP contribution in [0.25, 0.3) is 0 Å². The van der Waals surface area contributed by atoms with Crippen molar-refractivity contribution >= 4 is 0 Å². The summed E-state index contributed by atoms with van der Waals surface area (Å²) < 4.78 is 5.15. The molecule has 0 radical (unpaired) electrons. The van der Waals surface area contributed by atoms with E-state index in [4.69, 9.17) is 15.6 Å². The highest BCUT2D eigenvalue weighted by Gasteiger charge is 2.19. The van der Waals surface area contributed by atoms with Gasteiger partial charge in [-0.05, 0) is 36.1 Å². The van der Waals surface area contributed by atoms with Gasteiger partial charge in [-0.2, -0.15) is 0 Å². The summed E-state index contributed by atoms with van der Waals surface area (Å²) in [6, 6.07) is 5.10. The maximum absolute atomic E-state index is 10.1. The zero-order valence-corrected chi connectivity index (χ0v) is 10.4. The third-order valence-electron chi connectivity index (χ3n) is 2.92. The van der Waals surface area contributed by atoms with Crippen molar-refractivity contribution in [2.45, 2.75) is 31.9 Å². The lowest BCUT2D eigenvalue weighted by Crippen LogP contribution is -2.30. The van der Waals surface area contributed by atoms with Crippen LogP contribution in [0.3, 0.4) is 0 Å². The molecule has 0 aliphatic heterocycles. The van der Waals surface area contributed by atoms with E-state index < -0.39 is 12.1 Å². The highest BCUT2D eigenvalue weighted by molar-refractivity contribution is 5.37. The zero-order chi connectivity index (χ0) is 12.8. The number of aryl methyl sites for hydroxylation is 1. The fraction of sp³-hybridized carbons (Fsp3) is 0.538. The van der Waals surface area contributed by atoms with Crippen molar-refractivity contribution in [3.05, 3.63) is 29.3 Å². The summed E-state index contributed by atoms with van der Waals surface area (Å²) in [6.45, 7) is 2.00. The highest BCUT2D eigenvalue weighted by Crippen LogP contribution is 2.26. The molecule has 0 amide bonds. The van der Waals surface area contributed by atoms with E-state index >= 15 is 0 Å². The van der Waals surface area contributed by atoms with Crippen molar-refractivity contribution in [2.75, 3.05) is 13.7 Å². The quantitative estimate of drug-likeness (QED) is 0.692. The molecule has 1 rings (SSSR count). The summed E-state index contributed by atoms with van der Waals surface area (Å²) in [7, 11) is 1.61. The van der Waals surface area contributed by atoms with Crippen LogP contribution in [-0.2, 0) is 6.42 Å². The second-order valence-electron chi connectivity index (χ2n) is 4.04. The first-order chi connectivity index (χ1) is 8.13. The number of rotatable bonds is 6. The average molecular weight is 239 g/mol. The molecule has 2 atom stereocenters. The number of hydrogen-bond donors (Lipinski definition) is 3. The van der Waals surface area contributed by atoms with Crippen LogP contribution in [-0.4, -0.2) is 30.0 Å². The van der Waals surface area contributed by atoms with Gasteiger partial charge in [-0.15, -0.1) is 0 Å². The van der Waals surface area contributed by atoms with Crippen LogP contribution >= 0.6 is 0 Å². The monoisotopic (exact) mass is 239 g/mol. The Labute approximate surface area is 102 Å². The van der Waals surface area contributed by atoms with Gasteiger partial charge >= 0.3 is 0 Å². The van der Waals surface area contributed by atoms with Crippen LogP contribution in [0.2, 0.25) is 0 Å². The smallest absolute Gasteiger partial charge is 0.119 e. The molecule has 1 aromatic rings. The third-order valence-corrected chi connectivity index (χ3v) is 2.92. The van der Waals surface area contributed by atoms with Crippen LogP contribution in [0, 0.1) is 0 Å². The Morgan fingerprint density at radius 2 is 2.12 bits per heavy atom. The molecule has 0 spiro atoms. The minimum absolute atomic E-state index is 0.0180. The molecule has 0 aromatic heterocycles. The van der Waals surface area contributed by atoms with Gasteiger partial charge in [0.1, 0.15) is 5.75 Å². The molecule has 0 saturated carbocycles. The predicted octanol–water partition coefficient (Wildman–Crippen LogP) is 1.00. The Morgan fingerprint density at radius 3 is 2.65 bits per heavy atom. The SMILES string of the molecule is CCc1cc(OC)ccc1C(O)C(N)CCO. The van der Waals surface area contributed by atoms with Gasteiger partial charge in [-0.1, -0.05) is 13.0 Å². The van der Waals surface area contributed by atoms with E-state index in [1.54, 1.807) is 7.11 Å². The largest absolute Gasteiger partial charge is 0.497 e. The molecule has 4 heteroatoms. The van der Waals surface area contributed by atoms with Crippen molar-refractivity contribution in [1.29, 1.82) is 0 Å². The van der Waals surface area contributed by atoms with Crippen LogP contribution < -0.4 is 10.5 Å². The van der Waals surface area contributed by atoms with E-state index in [-0.39, 0.29) is 6.61 Å². The van der Waals surface area contributed by atoms with Gasteiger partial charge in [0.25, 0.3) is 0 Å². The predicted molar refractivity (Wildman–Crippen MR) is 67.0 cm³/mol. The van der Waals surface area contributed by atoms with Crippen LogP contribution in [0.15, 0.2) is 18.2 Å². The van der Waals surface area contributed by atoms with Crippen molar-refractivity contribution in [3.63, 3.8) is 0 Å². The number of aliphatic hydroxyl groups is 2. The van der Waals surface area contributed by atoms with Gasteiger partial charge < -0.3 is 20.7 Å². The number of benzene rings is 1. The van der Waals surface area contributed by atoms with Gasteiger partial charge in [0, 0.05) is 12.6 Å². The molecule has 0 fully saturated rings. The normalized spacial score (nSPS) is 14.4. The molecule has 2 unspecified atom stereocenters. The van der Waals surface area contributed by atoms with Gasteiger partial charge in [0.2, 0.25) is 0 Å². The fourth-order valence-corrected chi connectivity index (χ4v) is 1.84. The van der Waals surface area contributed by atoms with Crippen molar-refractivity contribution in [1.82, 2.24) is 0 Å². The Morgan fingerprint density at radius 1 is 1.41 bits per heavy atom. The van der Waals surface area contributed by atoms with Gasteiger partial charge in [-0.3, -0.25) is 0 Å². The Kier molecular flexibility index (Phi) is 5.41. The Balaban J connectivity index is 2.96. The summed E-state index contributed by atoms with van der Waals surface area (Å²) in [5.41, 5.74) is 7.65. The fourth-order valence-electron chi connectivity index (χ4n) is 1.84.